The normalized spacial score (nSPS) is 17.0. The molecule has 0 radical (unpaired) electrons. The standard InChI is InChI=1S/C7H16OP2/c1-4(2)7(10)6(8)5(3)9/h4-5,7H,9-10H2,1-3H3. The molecule has 0 aromatic rings. The molecule has 10 heavy (non-hydrogen) atoms. The first-order chi connectivity index (χ1) is 4.46. The summed E-state index contributed by atoms with van der Waals surface area (Å²) in [6, 6.07) is 0. The lowest BCUT2D eigenvalue weighted by atomic mass is 10.0. The summed E-state index contributed by atoms with van der Waals surface area (Å²) in [6.07, 6.45) is 0. The van der Waals surface area contributed by atoms with Gasteiger partial charge in [-0.1, -0.05) is 20.8 Å². The van der Waals surface area contributed by atoms with Crippen LogP contribution >= 0.6 is 18.5 Å². The van der Waals surface area contributed by atoms with E-state index in [0.717, 1.165) is 0 Å². The zero-order valence-electron chi connectivity index (χ0n) is 6.79. The molecule has 0 aromatic heterocycles. The van der Waals surface area contributed by atoms with Gasteiger partial charge >= 0.3 is 0 Å². The molecule has 0 saturated carbocycles. The molecule has 0 aliphatic rings. The van der Waals surface area contributed by atoms with Crippen LogP contribution < -0.4 is 0 Å². The molecule has 4 unspecified atom stereocenters. The molecule has 0 N–H and O–H groups in total. The van der Waals surface area contributed by atoms with Crippen LogP contribution in [0.2, 0.25) is 0 Å². The van der Waals surface area contributed by atoms with Gasteiger partial charge < -0.3 is 0 Å². The summed E-state index contributed by atoms with van der Waals surface area (Å²) in [5.74, 6) is 0.741. The molecule has 3 heteroatoms. The Hall–Kier alpha value is 0.530. The largest absolute Gasteiger partial charge is 0.298 e. The first-order valence-electron chi connectivity index (χ1n) is 3.51. The van der Waals surface area contributed by atoms with Gasteiger partial charge in [-0.05, 0) is 5.92 Å². The van der Waals surface area contributed by atoms with Crippen molar-refractivity contribution in [1.29, 1.82) is 0 Å². The van der Waals surface area contributed by atoms with Crippen LogP contribution in [-0.4, -0.2) is 17.1 Å². The lowest BCUT2D eigenvalue weighted by molar-refractivity contribution is -0.118. The van der Waals surface area contributed by atoms with Crippen molar-refractivity contribution in [2.45, 2.75) is 32.1 Å². The third-order valence-corrected chi connectivity index (χ3v) is 2.92. The van der Waals surface area contributed by atoms with Gasteiger partial charge in [-0.25, -0.2) is 0 Å². The highest BCUT2D eigenvalue weighted by Crippen LogP contribution is 2.17. The van der Waals surface area contributed by atoms with Crippen LogP contribution in [-0.2, 0) is 4.79 Å². The van der Waals surface area contributed by atoms with Crippen LogP contribution in [0.1, 0.15) is 20.8 Å². The average molecular weight is 178 g/mol. The average Bonchev–Trinajstić information content (AvgIpc) is 1.84. The predicted molar refractivity (Wildman–Crippen MR) is 52.5 cm³/mol. The van der Waals surface area contributed by atoms with Crippen LogP contribution in [0, 0.1) is 5.92 Å². The van der Waals surface area contributed by atoms with Crippen molar-refractivity contribution < 1.29 is 4.79 Å². The molecule has 0 aromatic carbocycles. The van der Waals surface area contributed by atoms with Crippen LogP contribution in [0.25, 0.3) is 0 Å². The maximum absolute atomic E-state index is 11.2. The minimum Gasteiger partial charge on any atom is -0.298 e. The molecule has 1 nitrogen and oxygen atoms in total. The van der Waals surface area contributed by atoms with Crippen molar-refractivity contribution in [3.63, 3.8) is 0 Å². The number of hydrogen-bond donors (Lipinski definition) is 0. The highest BCUT2D eigenvalue weighted by molar-refractivity contribution is 7.22. The molecule has 0 amide bonds. The van der Waals surface area contributed by atoms with Crippen LogP contribution in [0.4, 0.5) is 0 Å². The summed E-state index contributed by atoms with van der Waals surface area (Å²) in [6.45, 7) is 6.03. The molecule has 4 atom stereocenters. The maximum atomic E-state index is 11.2. The lowest BCUT2D eigenvalue weighted by Crippen LogP contribution is -2.25. The molecule has 0 aliphatic heterocycles. The maximum Gasteiger partial charge on any atom is 0.146 e. The summed E-state index contributed by atoms with van der Waals surface area (Å²) in [7, 11) is 5.12. The van der Waals surface area contributed by atoms with E-state index in [1.165, 1.54) is 0 Å². The summed E-state index contributed by atoms with van der Waals surface area (Å²) >= 11 is 0. The second-order valence-electron chi connectivity index (χ2n) is 2.96. The van der Waals surface area contributed by atoms with E-state index in [0.29, 0.717) is 11.7 Å². The molecule has 0 bridgehead atoms. The molecule has 0 aliphatic carbocycles. The van der Waals surface area contributed by atoms with Crippen molar-refractivity contribution in [1.82, 2.24) is 0 Å². The van der Waals surface area contributed by atoms with E-state index in [9.17, 15) is 4.79 Å². The fourth-order valence-electron chi connectivity index (χ4n) is 0.632. The molecular formula is C7H16OP2. The molecule has 0 rings (SSSR count). The van der Waals surface area contributed by atoms with Gasteiger partial charge in [0, 0.05) is 11.3 Å². The van der Waals surface area contributed by atoms with Gasteiger partial charge in [0.2, 0.25) is 0 Å². The van der Waals surface area contributed by atoms with E-state index >= 15 is 0 Å². The number of hydrogen-bond acceptors (Lipinski definition) is 1. The highest BCUT2D eigenvalue weighted by Gasteiger charge is 2.19. The minimum atomic E-state index is 0.0879. The smallest absolute Gasteiger partial charge is 0.146 e. The Balaban J connectivity index is 3.95. The number of rotatable bonds is 3. The molecule has 0 fully saturated rings. The molecular weight excluding hydrogens is 162 g/mol. The fraction of sp³-hybridized carbons (Fsp3) is 0.857. The van der Waals surface area contributed by atoms with Crippen molar-refractivity contribution >= 4 is 24.3 Å². The first kappa shape index (κ1) is 10.5. The first-order valence-corrected chi connectivity index (χ1v) is 4.85. The van der Waals surface area contributed by atoms with Crippen LogP contribution in [0.3, 0.4) is 0 Å². The van der Waals surface area contributed by atoms with Crippen LogP contribution in [0.15, 0.2) is 0 Å². The molecule has 0 saturated heterocycles. The number of carbonyl (C=O) groups excluding carboxylic acids is 1. The van der Waals surface area contributed by atoms with Crippen molar-refractivity contribution in [2.24, 2.45) is 5.92 Å². The Morgan fingerprint density at radius 2 is 1.60 bits per heavy atom. The SMILES string of the molecule is CC(P)C(=O)C(P)C(C)C. The third kappa shape index (κ3) is 3.08. The van der Waals surface area contributed by atoms with Crippen molar-refractivity contribution in [3.05, 3.63) is 0 Å². The van der Waals surface area contributed by atoms with Gasteiger partial charge in [-0.3, -0.25) is 4.79 Å². The van der Waals surface area contributed by atoms with Gasteiger partial charge in [0.1, 0.15) is 5.78 Å². The zero-order valence-corrected chi connectivity index (χ0v) is 9.10. The van der Waals surface area contributed by atoms with Crippen molar-refractivity contribution in [2.75, 3.05) is 0 Å². The van der Waals surface area contributed by atoms with Gasteiger partial charge in [0.15, 0.2) is 0 Å². The second-order valence-corrected chi connectivity index (χ2v) is 4.68. The summed E-state index contributed by atoms with van der Waals surface area (Å²) in [4.78, 5) is 11.2. The van der Waals surface area contributed by atoms with Crippen molar-refractivity contribution in [3.8, 4) is 0 Å². The number of carbonyl (C=O) groups is 1. The van der Waals surface area contributed by atoms with E-state index in [2.05, 4.69) is 32.3 Å². The Kier molecular flexibility index (Phi) is 4.65. The predicted octanol–water partition coefficient (Wildman–Crippen LogP) is 1.72. The van der Waals surface area contributed by atoms with Gasteiger partial charge in [-0.2, -0.15) is 0 Å². The summed E-state index contributed by atoms with van der Waals surface area (Å²) in [5.41, 5.74) is 0.206. The van der Waals surface area contributed by atoms with E-state index in [1.807, 2.05) is 6.92 Å². The van der Waals surface area contributed by atoms with E-state index in [4.69, 9.17) is 0 Å². The Labute approximate surface area is 67.8 Å². The molecule has 60 valence electrons. The topological polar surface area (TPSA) is 17.1 Å². The number of ketones is 1. The fourth-order valence-corrected chi connectivity index (χ4v) is 1.38. The zero-order chi connectivity index (χ0) is 8.31. The molecule has 0 spiro atoms. The van der Waals surface area contributed by atoms with E-state index < -0.39 is 0 Å². The third-order valence-electron chi connectivity index (χ3n) is 1.50. The van der Waals surface area contributed by atoms with Crippen LogP contribution in [0.5, 0.6) is 0 Å². The Morgan fingerprint density at radius 1 is 1.20 bits per heavy atom. The van der Waals surface area contributed by atoms with E-state index in [1.54, 1.807) is 0 Å². The Morgan fingerprint density at radius 3 is 1.70 bits per heavy atom. The Bertz CT molecular complexity index is 121. The lowest BCUT2D eigenvalue weighted by Gasteiger charge is -2.15. The summed E-state index contributed by atoms with van der Waals surface area (Å²) < 4.78 is 0. The van der Waals surface area contributed by atoms with Gasteiger partial charge in [0.05, 0.1) is 0 Å². The minimum absolute atomic E-state index is 0.0879. The number of Topliss-reactive ketones (excluding diaryl/α,β-unsaturated/α-hetero) is 1. The van der Waals surface area contributed by atoms with Gasteiger partial charge in [0.25, 0.3) is 0 Å². The summed E-state index contributed by atoms with van der Waals surface area (Å²) in [5, 5.41) is 0. The van der Waals surface area contributed by atoms with E-state index in [-0.39, 0.29) is 11.3 Å². The second kappa shape index (κ2) is 4.42. The van der Waals surface area contributed by atoms with Gasteiger partial charge in [-0.15, -0.1) is 18.5 Å². The molecule has 0 heterocycles. The monoisotopic (exact) mass is 178 g/mol. The highest BCUT2D eigenvalue weighted by atomic mass is 31.0. The quantitative estimate of drug-likeness (QED) is 0.601.